The van der Waals surface area contributed by atoms with Crippen molar-refractivity contribution in [1.82, 2.24) is 0 Å². The molecule has 0 bridgehead atoms. The van der Waals surface area contributed by atoms with Crippen LogP contribution in [0.2, 0.25) is 0 Å². The van der Waals surface area contributed by atoms with E-state index in [0.717, 1.165) is 15.2 Å². The Kier molecular flexibility index (Phi) is 5.01. The molecule has 0 saturated carbocycles. The standard InChI is InChI=1S/C20H15BrN2O2/c1-13(20(24)23-17-9-5-3-7-15(17)12-22)25-18-11-10-14-6-2-4-8-16(14)19(18)21/h2-11,13H,1H3,(H,23,24). The summed E-state index contributed by atoms with van der Waals surface area (Å²) >= 11 is 3.55. The lowest BCUT2D eigenvalue weighted by atomic mass is 10.1. The number of hydrogen-bond acceptors (Lipinski definition) is 3. The van der Waals surface area contributed by atoms with Crippen LogP contribution in [0.25, 0.3) is 10.8 Å². The Bertz CT molecular complexity index is 979. The van der Waals surface area contributed by atoms with Gasteiger partial charge in [0.25, 0.3) is 5.91 Å². The number of carbonyl (C=O) groups excluding carboxylic acids is 1. The number of amides is 1. The van der Waals surface area contributed by atoms with Gasteiger partial charge in [0.1, 0.15) is 11.8 Å². The molecule has 0 radical (unpaired) electrons. The molecule has 0 aliphatic carbocycles. The number of nitriles is 1. The highest BCUT2D eigenvalue weighted by Gasteiger charge is 2.18. The van der Waals surface area contributed by atoms with Gasteiger partial charge < -0.3 is 10.1 Å². The number of nitrogens with zero attached hydrogens (tertiary/aromatic N) is 1. The molecule has 4 nitrogen and oxygen atoms in total. The van der Waals surface area contributed by atoms with Gasteiger partial charge in [0, 0.05) is 0 Å². The van der Waals surface area contributed by atoms with Crippen LogP contribution in [0.15, 0.2) is 65.1 Å². The number of halogens is 1. The average Bonchev–Trinajstić information content (AvgIpc) is 2.64. The normalized spacial score (nSPS) is 11.6. The number of anilines is 1. The predicted octanol–water partition coefficient (Wildman–Crippen LogP) is 4.88. The Morgan fingerprint density at radius 2 is 1.84 bits per heavy atom. The van der Waals surface area contributed by atoms with Gasteiger partial charge in [-0.25, -0.2) is 0 Å². The number of benzene rings is 3. The van der Waals surface area contributed by atoms with Crippen LogP contribution < -0.4 is 10.1 Å². The summed E-state index contributed by atoms with van der Waals surface area (Å²) in [6, 6.07) is 20.6. The van der Waals surface area contributed by atoms with Crippen molar-refractivity contribution in [2.75, 3.05) is 5.32 Å². The Hall–Kier alpha value is -2.84. The summed E-state index contributed by atoms with van der Waals surface area (Å²) in [6.45, 7) is 1.67. The van der Waals surface area contributed by atoms with Crippen LogP contribution in [-0.4, -0.2) is 12.0 Å². The SMILES string of the molecule is CC(Oc1ccc2ccccc2c1Br)C(=O)Nc1ccccc1C#N. The van der Waals surface area contributed by atoms with E-state index in [1.54, 1.807) is 31.2 Å². The maximum atomic E-state index is 12.4. The van der Waals surface area contributed by atoms with Crippen LogP contribution >= 0.6 is 15.9 Å². The molecule has 0 aliphatic heterocycles. The minimum Gasteiger partial charge on any atom is -0.480 e. The highest BCUT2D eigenvalue weighted by Crippen LogP contribution is 2.33. The second kappa shape index (κ2) is 7.37. The van der Waals surface area contributed by atoms with Crippen LogP contribution in [0.5, 0.6) is 5.75 Å². The topological polar surface area (TPSA) is 62.1 Å². The summed E-state index contributed by atoms with van der Waals surface area (Å²) in [7, 11) is 0. The summed E-state index contributed by atoms with van der Waals surface area (Å²) in [6.07, 6.45) is -0.718. The van der Waals surface area contributed by atoms with Gasteiger partial charge in [-0.3, -0.25) is 4.79 Å². The molecule has 1 atom stereocenters. The highest BCUT2D eigenvalue weighted by molar-refractivity contribution is 9.10. The lowest BCUT2D eigenvalue weighted by Crippen LogP contribution is -2.30. The Morgan fingerprint density at radius 3 is 2.64 bits per heavy atom. The maximum absolute atomic E-state index is 12.4. The number of ether oxygens (including phenoxy) is 1. The molecule has 0 fully saturated rings. The molecule has 5 heteroatoms. The van der Waals surface area contributed by atoms with Gasteiger partial charge in [-0.1, -0.05) is 42.5 Å². The zero-order valence-corrected chi connectivity index (χ0v) is 15.1. The Morgan fingerprint density at radius 1 is 1.12 bits per heavy atom. The Balaban J connectivity index is 1.78. The number of rotatable bonds is 4. The molecular weight excluding hydrogens is 380 g/mol. The number of hydrogen-bond donors (Lipinski definition) is 1. The number of para-hydroxylation sites is 1. The van der Waals surface area contributed by atoms with Crippen molar-refractivity contribution in [1.29, 1.82) is 5.26 Å². The third-order valence-electron chi connectivity index (χ3n) is 3.81. The van der Waals surface area contributed by atoms with Crippen LogP contribution in [0.4, 0.5) is 5.69 Å². The van der Waals surface area contributed by atoms with Gasteiger partial charge in [-0.05, 0) is 51.8 Å². The molecule has 25 heavy (non-hydrogen) atoms. The smallest absolute Gasteiger partial charge is 0.265 e. The van der Waals surface area contributed by atoms with Crippen molar-refractivity contribution in [2.45, 2.75) is 13.0 Å². The fraction of sp³-hybridized carbons (Fsp3) is 0.100. The van der Waals surface area contributed by atoms with Crippen LogP contribution in [0.1, 0.15) is 12.5 Å². The van der Waals surface area contributed by atoms with Gasteiger partial charge in [-0.2, -0.15) is 5.26 Å². The van der Waals surface area contributed by atoms with Crippen LogP contribution in [-0.2, 0) is 4.79 Å². The molecule has 0 heterocycles. The molecule has 3 rings (SSSR count). The number of carbonyl (C=O) groups is 1. The third-order valence-corrected chi connectivity index (χ3v) is 4.62. The van der Waals surface area contributed by atoms with Crippen molar-refractivity contribution in [3.05, 3.63) is 70.7 Å². The molecule has 1 amide bonds. The first-order chi connectivity index (χ1) is 12.1. The minimum atomic E-state index is -0.718. The van der Waals surface area contributed by atoms with E-state index in [1.807, 2.05) is 36.4 Å². The van der Waals surface area contributed by atoms with Gasteiger partial charge in [0.15, 0.2) is 6.10 Å². The fourth-order valence-electron chi connectivity index (χ4n) is 2.47. The van der Waals surface area contributed by atoms with Crippen molar-refractivity contribution in [2.24, 2.45) is 0 Å². The van der Waals surface area contributed by atoms with E-state index in [4.69, 9.17) is 10.00 Å². The van der Waals surface area contributed by atoms with Crippen LogP contribution in [0, 0.1) is 11.3 Å². The summed E-state index contributed by atoms with van der Waals surface area (Å²) in [5.74, 6) is 0.276. The monoisotopic (exact) mass is 394 g/mol. The summed E-state index contributed by atoms with van der Waals surface area (Å²) in [5, 5.41) is 13.9. The van der Waals surface area contributed by atoms with E-state index >= 15 is 0 Å². The van der Waals surface area contributed by atoms with Crippen molar-refractivity contribution in [3.63, 3.8) is 0 Å². The fourth-order valence-corrected chi connectivity index (χ4v) is 3.06. The molecule has 124 valence electrons. The largest absolute Gasteiger partial charge is 0.480 e. The first-order valence-electron chi connectivity index (χ1n) is 7.74. The molecule has 0 aliphatic rings. The lowest BCUT2D eigenvalue weighted by molar-refractivity contribution is -0.122. The molecular formula is C20H15BrN2O2. The van der Waals surface area contributed by atoms with E-state index in [2.05, 4.69) is 27.3 Å². The summed E-state index contributed by atoms with van der Waals surface area (Å²) in [4.78, 5) is 12.4. The van der Waals surface area contributed by atoms with E-state index in [0.29, 0.717) is 17.0 Å². The van der Waals surface area contributed by atoms with E-state index < -0.39 is 6.10 Å². The van der Waals surface area contributed by atoms with Crippen molar-refractivity contribution >= 4 is 38.3 Å². The zero-order valence-electron chi connectivity index (χ0n) is 13.5. The van der Waals surface area contributed by atoms with Crippen molar-refractivity contribution < 1.29 is 9.53 Å². The average molecular weight is 395 g/mol. The second-order valence-electron chi connectivity index (χ2n) is 5.51. The summed E-state index contributed by atoms with van der Waals surface area (Å²) in [5.41, 5.74) is 0.887. The quantitative estimate of drug-likeness (QED) is 0.685. The van der Waals surface area contributed by atoms with Gasteiger partial charge in [0.2, 0.25) is 0 Å². The minimum absolute atomic E-state index is 0.317. The molecule has 0 aromatic heterocycles. The molecule has 0 saturated heterocycles. The number of nitrogens with one attached hydrogen (secondary N) is 1. The molecule has 0 spiro atoms. The third kappa shape index (κ3) is 3.65. The maximum Gasteiger partial charge on any atom is 0.265 e. The first-order valence-corrected chi connectivity index (χ1v) is 8.53. The molecule has 3 aromatic carbocycles. The highest BCUT2D eigenvalue weighted by atomic mass is 79.9. The molecule has 3 aromatic rings. The van der Waals surface area contributed by atoms with Crippen molar-refractivity contribution in [3.8, 4) is 11.8 Å². The van der Waals surface area contributed by atoms with Gasteiger partial charge in [-0.15, -0.1) is 0 Å². The van der Waals surface area contributed by atoms with Crippen LogP contribution in [0.3, 0.4) is 0 Å². The molecule has 1 unspecified atom stereocenters. The Labute approximate surface area is 154 Å². The number of fused-ring (bicyclic) bond motifs is 1. The van der Waals surface area contributed by atoms with Gasteiger partial charge >= 0.3 is 0 Å². The lowest BCUT2D eigenvalue weighted by Gasteiger charge is -2.17. The molecule has 1 N–H and O–H groups in total. The van der Waals surface area contributed by atoms with E-state index in [9.17, 15) is 4.79 Å². The predicted molar refractivity (Wildman–Crippen MR) is 102 cm³/mol. The van der Waals surface area contributed by atoms with E-state index in [1.165, 1.54) is 0 Å². The van der Waals surface area contributed by atoms with E-state index in [-0.39, 0.29) is 5.91 Å². The van der Waals surface area contributed by atoms with Gasteiger partial charge in [0.05, 0.1) is 15.7 Å². The second-order valence-corrected chi connectivity index (χ2v) is 6.30. The summed E-state index contributed by atoms with van der Waals surface area (Å²) < 4.78 is 6.63. The first kappa shape index (κ1) is 17.0. The zero-order chi connectivity index (χ0) is 17.8.